The first-order valence-corrected chi connectivity index (χ1v) is 7.70. The minimum atomic E-state index is -5.03. The maximum Gasteiger partial charge on any atom is 0.423 e. The molecular formula is C17H17F3N4O2. The number of nitrogen functional groups attached to an aromatic ring is 1. The maximum absolute atomic E-state index is 13.3. The molecule has 0 bridgehead atoms. The number of imidazole rings is 1. The van der Waals surface area contributed by atoms with Crippen molar-refractivity contribution >= 4 is 11.5 Å². The third-order valence-electron chi connectivity index (χ3n) is 4.33. The highest BCUT2D eigenvalue weighted by Crippen LogP contribution is 2.40. The number of anilines is 1. The molecule has 3 aromatic rings. The first-order chi connectivity index (χ1) is 12.1. The third kappa shape index (κ3) is 2.69. The van der Waals surface area contributed by atoms with Crippen LogP contribution in [-0.2, 0) is 5.60 Å². The molecule has 0 amide bonds. The van der Waals surface area contributed by atoms with Crippen LogP contribution in [0, 0.1) is 13.8 Å². The summed E-state index contributed by atoms with van der Waals surface area (Å²) >= 11 is 0. The van der Waals surface area contributed by atoms with E-state index in [1.165, 1.54) is 18.3 Å². The quantitative estimate of drug-likeness (QED) is 0.661. The molecule has 0 saturated carbocycles. The summed E-state index contributed by atoms with van der Waals surface area (Å²) in [6.45, 7) is 1.97. The predicted molar refractivity (Wildman–Crippen MR) is 89.3 cm³/mol. The molecule has 2 heterocycles. The Morgan fingerprint density at radius 1 is 1.23 bits per heavy atom. The molecule has 2 aromatic heterocycles. The first kappa shape index (κ1) is 18.2. The van der Waals surface area contributed by atoms with Crippen molar-refractivity contribution in [3.05, 3.63) is 47.4 Å². The van der Waals surface area contributed by atoms with Gasteiger partial charge in [0.05, 0.1) is 24.2 Å². The minimum absolute atomic E-state index is 0.201. The summed E-state index contributed by atoms with van der Waals surface area (Å²) in [6.07, 6.45) is -1.88. The van der Waals surface area contributed by atoms with Crippen LogP contribution in [0.2, 0.25) is 0 Å². The molecule has 0 radical (unpaired) electrons. The van der Waals surface area contributed by atoms with E-state index in [1.807, 2.05) is 0 Å². The average Bonchev–Trinajstić information content (AvgIpc) is 2.97. The zero-order valence-electron chi connectivity index (χ0n) is 14.0. The normalized spacial score (nSPS) is 14.6. The highest BCUT2D eigenvalue weighted by Gasteiger charge is 2.54. The lowest BCUT2D eigenvalue weighted by Gasteiger charge is -2.29. The van der Waals surface area contributed by atoms with Crippen molar-refractivity contribution in [2.24, 2.45) is 0 Å². The molecule has 1 atom stereocenters. The Morgan fingerprint density at radius 3 is 2.54 bits per heavy atom. The van der Waals surface area contributed by atoms with Gasteiger partial charge in [0.25, 0.3) is 0 Å². The lowest BCUT2D eigenvalue weighted by molar-refractivity contribution is -0.277. The number of aliphatic hydroxyl groups is 2. The van der Waals surface area contributed by atoms with E-state index in [0.717, 1.165) is 6.07 Å². The van der Waals surface area contributed by atoms with Gasteiger partial charge in [0, 0.05) is 11.8 Å². The standard InChI is InChI=1S/C17H17F3N4O2/c1-9-3-4-11(16(26,8-25)17(18,19)20)5-12(9)13-6-22-15-14(21)23-10(2)7-24(13)15/h3-7,25-26H,8H2,1-2H3,(H2,21,23). The Labute approximate surface area is 146 Å². The van der Waals surface area contributed by atoms with Gasteiger partial charge in [-0.3, -0.25) is 4.40 Å². The molecule has 3 rings (SSSR count). The molecule has 0 aliphatic rings. The molecule has 0 aliphatic carbocycles. The zero-order valence-corrected chi connectivity index (χ0v) is 14.0. The average molecular weight is 366 g/mol. The van der Waals surface area contributed by atoms with Gasteiger partial charge in [-0.25, -0.2) is 9.97 Å². The molecule has 0 saturated heterocycles. The number of rotatable bonds is 3. The van der Waals surface area contributed by atoms with Crippen LogP contribution >= 0.6 is 0 Å². The summed E-state index contributed by atoms with van der Waals surface area (Å²) in [6, 6.07) is 3.80. The number of aliphatic hydroxyl groups excluding tert-OH is 1. The number of halogens is 3. The Bertz CT molecular complexity index is 984. The smallest absolute Gasteiger partial charge is 0.393 e. The number of fused-ring (bicyclic) bond motifs is 1. The summed E-state index contributed by atoms with van der Waals surface area (Å²) in [7, 11) is 0. The van der Waals surface area contributed by atoms with Crippen molar-refractivity contribution in [2.45, 2.75) is 25.6 Å². The number of benzene rings is 1. The molecule has 1 aromatic carbocycles. The monoisotopic (exact) mass is 366 g/mol. The van der Waals surface area contributed by atoms with Crippen LogP contribution in [-0.4, -0.2) is 37.4 Å². The molecule has 1 unspecified atom stereocenters. The topological polar surface area (TPSA) is 96.7 Å². The van der Waals surface area contributed by atoms with Gasteiger partial charge in [-0.15, -0.1) is 0 Å². The van der Waals surface area contributed by atoms with E-state index in [-0.39, 0.29) is 5.82 Å². The van der Waals surface area contributed by atoms with E-state index < -0.39 is 23.9 Å². The number of hydrogen-bond donors (Lipinski definition) is 3. The summed E-state index contributed by atoms with van der Waals surface area (Å²) in [5.74, 6) is 0.201. The Hall–Kier alpha value is -2.65. The molecule has 4 N–H and O–H groups in total. The second kappa shape index (κ2) is 5.96. The lowest BCUT2D eigenvalue weighted by atomic mass is 9.90. The van der Waals surface area contributed by atoms with Crippen molar-refractivity contribution in [2.75, 3.05) is 12.3 Å². The molecule has 9 heteroatoms. The maximum atomic E-state index is 13.3. The van der Waals surface area contributed by atoms with Crippen molar-refractivity contribution < 1.29 is 23.4 Å². The minimum Gasteiger partial charge on any atom is -0.393 e. The fraction of sp³-hybridized carbons (Fsp3) is 0.294. The van der Waals surface area contributed by atoms with Crippen LogP contribution in [0.5, 0.6) is 0 Å². The van der Waals surface area contributed by atoms with Crippen LogP contribution < -0.4 is 5.73 Å². The third-order valence-corrected chi connectivity index (χ3v) is 4.33. The van der Waals surface area contributed by atoms with Crippen molar-refractivity contribution in [3.8, 4) is 11.3 Å². The molecule has 0 spiro atoms. The van der Waals surface area contributed by atoms with E-state index >= 15 is 0 Å². The second-order valence-corrected chi connectivity index (χ2v) is 6.15. The number of hydrogen-bond acceptors (Lipinski definition) is 5. The summed E-state index contributed by atoms with van der Waals surface area (Å²) < 4.78 is 41.4. The number of nitrogens with two attached hydrogens (primary N) is 1. The van der Waals surface area contributed by atoms with Crippen molar-refractivity contribution in [1.82, 2.24) is 14.4 Å². The van der Waals surface area contributed by atoms with E-state index in [0.29, 0.717) is 28.2 Å². The summed E-state index contributed by atoms with van der Waals surface area (Å²) in [4.78, 5) is 8.29. The Morgan fingerprint density at radius 2 is 1.92 bits per heavy atom. The van der Waals surface area contributed by atoms with E-state index in [9.17, 15) is 23.4 Å². The van der Waals surface area contributed by atoms with Gasteiger partial charge in [-0.2, -0.15) is 13.2 Å². The van der Waals surface area contributed by atoms with Gasteiger partial charge in [0.2, 0.25) is 5.60 Å². The number of aromatic nitrogens is 3. The van der Waals surface area contributed by atoms with Crippen LogP contribution in [0.4, 0.5) is 19.0 Å². The van der Waals surface area contributed by atoms with Gasteiger partial charge in [-0.05, 0) is 31.0 Å². The highest BCUT2D eigenvalue weighted by molar-refractivity contribution is 5.72. The summed E-state index contributed by atoms with van der Waals surface area (Å²) in [5, 5.41) is 19.2. The zero-order chi connectivity index (χ0) is 19.3. The Kier molecular flexibility index (Phi) is 4.16. The lowest BCUT2D eigenvalue weighted by Crippen LogP contribution is -2.45. The molecule has 0 aliphatic heterocycles. The second-order valence-electron chi connectivity index (χ2n) is 6.15. The predicted octanol–water partition coefficient (Wildman–Crippen LogP) is 2.34. The van der Waals surface area contributed by atoms with E-state index in [4.69, 9.17) is 5.73 Å². The number of nitrogens with zero attached hydrogens (tertiary/aromatic N) is 3. The Balaban J connectivity index is 2.25. The first-order valence-electron chi connectivity index (χ1n) is 7.70. The van der Waals surface area contributed by atoms with Crippen LogP contribution in [0.25, 0.3) is 16.9 Å². The number of alkyl halides is 3. The van der Waals surface area contributed by atoms with Crippen molar-refractivity contribution in [1.29, 1.82) is 0 Å². The van der Waals surface area contributed by atoms with Gasteiger partial charge in [0.15, 0.2) is 11.5 Å². The van der Waals surface area contributed by atoms with Crippen LogP contribution in [0.15, 0.2) is 30.6 Å². The van der Waals surface area contributed by atoms with Crippen LogP contribution in [0.1, 0.15) is 16.8 Å². The van der Waals surface area contributed by atoms with Gasteiger partial charge in [0.1, 0.15) is 0 Å². The fourth-order valence-electron chi connectivity index (χ4n) is 2.84. The van der Waals surface area contributed by atoms with E-state index in [2.05, 4.69) is 9.97 Å². The van der Waals surface area contributed by atoms with Gasteiger partial charge in [-0.1, -0.05) is 12.1 Å². The molecule has 26 heavy (non-hydrogen) atoms. The largest absolute Gasteiger partial charge is 0.423 e. The summed E-state index contributed by atoms with van der Waals surface area (Å²) in [5.41, 5.74) is 4.63. The van der Waals surface area contributed by atoms with Crippen LogP contribution in [0.3, 0.4) is 0 Å². The highest BCUT2D eigenvalue weighted by atomic mass is 19.4. The number of aryl methyl sites for hydroxylation is 2. The van der Waals surface area contributed by atoms with Crippen molar-refractivity contribution in [3.63, 3.8) is 0 Å². The SMILES string of the molecule is Cc1cn2c(-c3cc(C(O)(CO)C(F)(F)F)ccc3C)cnc2c(N)n1. The van der Waals surface area contributed by atoms with Gasteiger partial charge >= 0.3 is 6.18 Å². The molecule has 0 fully saturated rings. The van der Waals surface area contributed by atoms with Gasteiger partial charge < -0.3 is 15.9 Å². The molecular weight excluding hydrogens is 349 g/mol. The fourth-order valence-corrected chi connectivity index (χ4v) is 2.84. The molecule has 6 nitrogen and oxygen atoms in total. The molecule has 138 valence electrons. The van der Waals surface area contributed by atoms with E-state index in [1.54, 1.807) is 24.4 Å².